The van der Waals surface area contributed by atoms with Crippen molar-refractivity contribution in [2.75, 3.05) is 32.7 Å². The lowest BCUT2D eigenvalue weighted by Gasteiger charge is -2.35. The van der Waals surface area contributed by atoms with E-state index >= 15 is 0 Å². The van der Waals surface area contributed by atoms with E-state index in [0.29, 0.717) is 24.5 Å². The fraction of sp³-hybridized carbons (Fsp3) is 0.615. The third-order valence-electron chi connectivity index (χ3n) is 3.49. The Morgan fingerprint density at radius 1 is 1.36 bits per heavy atom. The summed E-state index contributed by atoms with van der Waals surface area (Å²) in [6.07, 6.45) is -0.179. The van der Waals surface area contributed by atoms with Gasteiger partial charge >= 0.3 is 0 Å². The highest BCUT2D eigenvalue weighted by Gasteiger charge is 2.22. The summed E-state index contributed by atoms with van der Waals surface area (Å²) in [5, 5.41) is 14.4. The average Bonchev–Trinajstić information content (AvgIpc) is 2.87. The Balaban J connectivity index is 1.87. The minimum Gasteiger partial charge on any atom is -0.392 e. The number of amides is 1. The minimum absolute atomic E-state index is 0.0143. The van der Waals surface area contributed by atoms with Gasteiger partial charge in [0, 0.05) is 37.6 Å². The Bertz CT molecular complexity index is 619. The molecule has 0 aliphatic carbocycles. The topological polar surface area (TPSA) is 104 Å². The monoisotopic (exact) mass is 347 g/mol. The van der Waals surface area contributed by atoms with E-state index in [1.807, 2.05) is 0 Å². The standard InChI is InChI=1S/C13H21N3O4S2/c1-10(17)9-15-4-6-16(7-5-15)12(18)8-11-2-3-13(21-11)22(14,19)20/h2-3,10,17H,4-9H2,1H3,(H2,14,19,20)/t10-/m1/s1. The van der Waals surface area contributed by atoms with Gasteiger partial charge in [-0.2, -0.15) is 0 Å². The number of nitrogens with two attached hydrogens (primary N) is 1. The van der Waals surface area contributed by atoms with Crippen LogP contribution in [0.5, 0.6) is 0 Å². The third kappa shape index (κ3) is 4.75. The van der Waals surface area contributed by atoms with Crippen molar-refractivity contribution in [1.29, 1.82) is 0 Å². The number of carbonyl (C=O) groups excluding carboxylic acids is 1. The van der Waals surface area contributed by atoms with Gasteiger partial charge in [0.25, 0.3) is 0 Å². The molecule has 0 radical (unpaired) electrons. The molecule has 0 aromatic carbocycles. The summed E-state index contributed by atoms with van der Waals surface area (Å²) in [7, 11) is -3.70. The maximum atomic E-state index is 12.2. The first kappa shape index (κ1) is 17.4. The fourth-order valence-corrected chi connectivity index (χ4v) is 4.19. The predicted molar refractivity (Wildman–Crippen MR) is 84.1 cm³/mol. The van der Waals surface area contributed by atoms with Gasteiger partial charge < -0.3 is 10.0 Å². The number of hydrogen-bond donors (Lipinski definition) is 2. The molecule has 124 valence electrons. The summed E-state index contributed by atoms with van der Waals surface area (Å²) in [6.45, 7) is 5.09. The number of rotatable bonds is 5. The molecule has 7 nitrogen and oxygen atoms in total. The molecule has 2 heterocycles. The lowest BCUT2D eigenvalue weighted by molar-refractivity contribution is -0.132. The van der Waals surface area contributed by atoms with E-state index in [0.717, 1.165) is 24.4 Å². The smallest absolute Gasteiger partial charge is 0.247 e. The zero-order chi connectivity index (χ0) is 16.3. The molecule has 0 spiro atoms. The number of hydrogen-bond acceptors (Lipinski definition) is 6. The molecule has 1 aromatic rings. The molecular formula is C13H21N3O4S2. The van der Waals surface area contributed by atoms with Crippen molar-refractivity contribution in [3.63, 3.8) is 0 Å². The molecular weight excluding hydrogens is 326 g/mol. The van der Waals surface area contributed by atoms with Crippen LogP contribution < -0.4 is 5.14 Å². The van der Waals surface area contributed by atoms with E-state index in [2.05, 4.69) is 4.90 Å². The zero-order valence-electron chi connectivity index (χ0n) is 12.4. The minimum atomic E-state index is -3.70. The molecule has 0 bridgehead atoms. The van der Waals surface area contributed by atoms with Crippen molar-refractivity contribution in [2.24, 2.45) is 5.14 Å². The number of β-amino-alcohol motifs (C(OH)–C–C–N with tert-alkyl or cyclic N) is 1. The quantitative estimate of drug-likeness (QED) is 0.745. The molecule has 2 rings (SSSR count). The van der Waals surface area contributed by atoms with E-state index in [4.69, 9.17) is 5.14 Å². The number of sulfonamides is 1. The first-order valence-corrected chi connectivity index (χ1v) is 9.41. The summed E-state index contributed by atoms with van der Waals surface area (Å²) in [6, 6.07) is 3.06. The average molecular weight is 347 g/mol. The molecule has 3 N–H and O–H groups in total. The highest BCUT2D eigenvalue weighted by molar-refractivity contribution is 7.91. The van der Waals surface area contributed by atoms with E-state index in [-0.39, 0.29) is 22.6 Å². The first-order valence-electron chi connectivity index (χ1n) is 7.05. The van der Waals surface area contributed by atoms with E-state index in [1.165, 1.54) is 6.07 Å². The molecule has 1 aliphatic heterocycles. The van der Waals surface area contributed by atoms with Crippen LogP contribution in [0, 0.1) is 0 Å². The maximum Gasteiger partial charge on any atom is 0.247 e. The van der Waals surface area contributed by atoms with Gasteiger partial charge in [0.15, 0.2) is 0 Å². The van der Waals surface area contributed by atoms with Gasteiger partial charge in [0.05, 0.1) is 12.5 Å². The van der Waals surface area contributed by atoms with Crippen molar-refractivity contribution in [1.82, 2.24) is 9.80 Å². The summed E-state index contributed by atoms with van der Waals surface area (Å²) >= 11 is 1.04. The van der Waals surface area contributed by atoms with Gasteiger partial charge in [-0.05, 0) is 19.1 Å². The number of thiophene rings is 1. The number of aliphatic hydroxyl groups excluding tert-OH is 1. The van der Waals surface area contributed by atoms with Crippen molar-refractivity contribution < 1.29 is 18.3 Å². The Morgan fingerprint density at radius 2 is 2.00 bits per heavy atom. The molecule has 1 aliphatic rings. The molecule has 1 saturated heterocycles. The van der Waals surface area contributed by atoms with Gasteiger partial charge in [-0.1, -0.05) is 0 Å². The predicted octanol–water partition coefficient (Wildman–Crippen LogP) is -0.537. The molecule has 9 heteroatoms. The number of carbonyl (C=O) groups is 1. The Hall–Kier alpha value is -1.00. The Kier molecular flexibility index (Phi) is 5.56. The van der Waals surface area contributed by atoms with Crippen molar-refractivity contribution in [3.8, 4) is 0 Å². The molecule has 1 atom stereocenters. The number of primary sulfonamides is 1. The highest BCUT2D eigenvalue weighted by Crippen LogP contribution is 2.21. The molecule has 0 unspecified atom stereocenters. The summed E-state index contributed by atoms with van der Waals surface area (Å²) in [5.74, 6) is -0.0143. The van der Waals surface area contributed by atoms with Crippen LogP contribution in [-0.2, 0) is 21.2 Å². The van der Waals surface area contributed by atoms with Crippen molar-refractivity contribution in [2.45, 2.75) is 23.7 Å². The zero-order valence-corrected chi connectivity index (χ0v) is 14.1. The van der Waals surface area contributed by atoms with Gasteiger partial charge in [0.1, 0.15) is 4.21 Å². The van der Waals surface area contributed by atoms with Gasteiger partial charge in [-0.3, -0.25) is 9.69 Å². The second-order valence-electron chi connectivity index (χ2n) is 5.47. The fourth-order valence-electron chi connectivity index (χ4n) is 2.42. The molecule has 0 saturated carbocycles. The number of aliphatic hydroxyl groups is 1. The van der Waals surface area contributed by atoms with Gasteiger partial charge in [-0.15, -0.1) is 11.3 Å². The highest BCUT2D eigenvalue weighted by atomic mass is 32.2. The van der Waals surface area contributed by atoms with Crippen LogP contribution in [0.2, 0.25) is 0 Å². The lowest BCUT2D eigenvalue weighted by Crippen LogP contribution is -2.50. The van der Waals surface area contributed by atoms with Crippen LogP contribution in [0.15, 0.2) is 16.3 Å². The summed E-state index contributed by atoms with van der Waals surface area (Å²) < 4.78 is 22.5. The van der Waals surface area contributed by atoms with Crippen molar-refractivity contribution >= 4 is 27.3 Å². The number of piperazine rings is 1. The first-order chi connectivity index (χ1) is 10.3. The lowest BCUT2D eigenvalue weighted by atomic mass is 10.2. The van der Waals surface area contributed by atoms with Crippen LogP contribution in [0.3, 0.4) is 0 Å². The molecule has 1 aromatic heterocycles. The van der Waals surface area contributed by atoms with Crippen LogP contribution in [0.25, 0.3) is 0 Å². The Labute approximate surface area is 134 Å². The van der Waals surface area contributed by atoms with Gasteiger partial charge in [0.2, 0.25) is 15.9 Å². The third-order valence-corrected chi connectivity index (χ3v) is 6.01. The van der Waals surface area contributed by atoms with Gasteiger partial charge in [-0.25, -0.2) is 13.6 Å². The van der Waals surface area contributed by atoms with Crippen LogP contribution in [-0.4, -0.2) is 68.1 Å². The molecule has 1 amide bonds. The Morgan fingerprint density at radius 3 is 2.50 bits per heavy atom. The maximum absolute atomic E-state index is 12.2. The second kappa shape index (κ2) is 7.05. The largest absolute Gasteiger partial charge is 0.392 e. The molecule has 1 fully saturated rings. The summed E-state index contributed by atoms with van der Waals surface area (Å²) in [4.78, 5) is 16.8. The summed E-state index contributed by atoms with van der Waals surface area (Å²) in [5.41, 5.74) is 0. The van der Waals surface area contributed by atoms with Crippen LogP contribution in [0.1, 0.15) is 11.8 Å². The van der Waals surface area contributed by atoms with E-state index in [1.54, 1.807) is 17.9 Å². The van der Waals surface area contributed by atoms with E-state index in [9.17, 15) is 18.3 Å². The van der Waals surface area contributed by atoms with Crippen LogP contribution >= 0.6 is 11.3 Å². The van der Waals surface area contributed by atoms with Crippen LogP contribution in [0.4, 0.5) is 0 Å². The molecule has 22 heavy (non-hydrogen) atoms. The number of nitrogens with zero attached hydrogens (tertiary/aromatic N) is 2. The second-order valence-corrected chi connectivity index (χ2v) is 8.43. The van der Waals surface area contributed by atoms with Crippen molar-refractivity contribution in [3.05, 3.63) is 17.0 Å². The normalized spacial score (nSPS) is 18.4. The van der Waals surface area contributed by atoms with E-state index < -0.39 is 10.0 Å². The SMILES string of the molecule is C[C@@H](O)CN1CCN(C(=O)Cc2ccc(S(N)(=O)=O)s2)CC1.